The molecule has 2 rings (SSSR count). The first-order valence-electron chi connectivity index (χ1n) is 3.52. The summed E-state index contributed by atoms with van der Waals surface area (Å²) in [4.78, 5) is 8.50. The lowest BCUT2D eigenvalue weighted by atomic mass is 10.3. The number of hydrogen-bond acceptors (Lipinski definition) is 2. The van der Waals surface area contributed by atoms with Gasteiger partial charge in [-0.15, -0.1) is 0 Å². The summed E-state index contributed by atoms with van der Waals surface area (Å²) >= 11 is 0. The Balaban J connectivity index is 2.87. The van der Waals surface area contributed by atoms with Crippen molar-refractivity contribution in [2.45, 2.75) is 6.92 Å². The molecule has 0 aliphatic heterocycles. The Morgan fingerprint density at radius 1 is 1.36 bits per heavy atom. The Bertz CT molecular complexity index is 389. The molecule has 56 valence electrons. The fraction of sp³-hybridized carbons (Fsp3) is 0.250. The molecule has 0 unspecified atom stereocenters. The van der Waals surface area contributed by atoms with Crippen molar-refractivity contribution in [1.82, 2.24) is 14.5 Å². The number of nitrogens with zero attached hydrogens (tertiary/aromatic N) is 3. The zero-order valence-electron chi connectivity index (χ0n) is 6.57. The fourth-order valence-corrected chi connectivity index (χ4v) is 1.10. The van der Waals surface area contributed by atoms with E-state index in [9.17, 15) is 0 Å². The van der Waals surface area contributed by atoms with E-state index in [2.05, 4.69) is 9.97 Å². The zero-order valence-corrected chi connectivity index (χ0v) is 6.57. The maximum absolute atomic E-state index is 4.34. The zero-order chi connectivity index (χ0) is 7.84. The molecule has 0 aliphatic rings. The van der Waals surface area contributed by atoms with E-state index in [0.717, 1.165) is 16.9 Å². The summed E-state index contributed by atoms with van der Waals surface area (Å²) < 4.78 is 1.92. The normalized spacial score (nSPS) is 10.7. The van der Waals surface area contributed by atoms with Crippen molar-refractivity contribution in [3.63, 3.8) is 0 Å². The third-order valence-corrected chi connectivity index (χ3v) is 1.70. The molecule has 0 aliphatic carbocycles. The molecule has 0 radical (unpaired) electrons. The molecular formula is C8H9N3. The van der Waals surface area contributed by atoms with E-state index in [1.165, 1.54) is 0 Å². The largest absolute Gasteiger partial charge is 0.318 e. The molecule has 0 fully saturated rings. The van der Waals surface area contributed by atoms with Gasteiger partial charge in [-0.2, -0.15) is 0 Å². The van der Waals surface area contributed by atoms with Crippen LogP contribution in [-0.2, 0) is 7.05 Å². The molecule has 2 aromatic heterocycles. The molecular weight excluding hydrogens is 138 g/mol. The van der Waals surface area contributed by atoms with E-state index in [1.807, 2.05) is 30.7 Å². The van der Waals surface area contributed by atoms with Crippen molar-refractivity contribution in [2.24, 2.45) is 7.05 Å². The summed E-state index contributed by atoms with van der Waals surface area (Å²) in [5.41, 5.74) is 2.93. The molecule has 0 saturated heterocycles. The Labute approximate surface area is 64.7 Å². The van der Waals surface area contributed by atoms with Crippen LogP contribution in [0.2, 0.25) is 0 Å². The number of hydrogen-bond donors (Lipinski definition) is 0. The summed E-state index contributed by atoms with van der Waals surface area (Å²) in [6.07, 6.45) is 1.77. The fourth-order valence-electron chi connectivity index (χ4n) is 1.10. The average molecular weight is 147 g/mol. The summed E-state index contributed by atoms with van der Waals surface area (Å²) in [5.74, 6) is 0. The van der Waals surface area contributed by atoms with Crippen LogP contribution in [0.4, 0.5) is 0 Å². The second-order valence-corrected chi connectivity index (χ2v) is 2.65. The van der Waals surface area contributed by atoms with Crippen molar-refractivity contribution in [3.05, 3.63) is 24.2 Å². The summed E-state index contributed by atoms with van der Waals surface area (Å²) in [6, 6.07) is 3.95. The number of pyridine rings is 1. The lowest BCUT2D eigenvalue weighted by Crippen LogP contribution is -1.88. The first kappa shape index (κ1) is 6.34. The summed E-state index contributed by atoms with van der Waals surface area (Å²) in [7, 11) is 1.95. The number of rotatable bonds is 0. The van der Waals surface area contributed by atoms with Crippen molar-refractivity contribution in [1.29, 1.82) is 0 Å². The number of aromatic nitrogens is 3. The molecule has 11 heavy (non-hydrogen) atoms. The van der Waals surface area contributed by atoms with Crippen LogP contribution >= 0.6 is 0 Å². The Morgan fingerprint density at radius 2 is 2.18 bits per heavy atom. The van der Waals surface area contributed by atoms with Gasteiger partial charge in [-0.1, -0.05) is 0 Å². The molecule has 0 atom stereocenters. The van der Waals surface area contributed by atoms with Gasteiger partial charge in [-0.3, -0.25) is 0 Å². The lowest BCUT2D eigenvalue weighted by Gasteiger charge is -1.93. The van der Waals surface area contributed by atoms with E-state index in [4.69, 9.17) is 0 Å². The van der Waals surface area contributed by atoms with Crippen LogP contribution in [0, 0.1) is 6.92 Å². The lowest BCUT2D eigenvalue weighted by molar-refractivity contribution is 0.927. The standard InChI is InChI=1S/C8H9N3/c1-6-3-4-7-8(10-6)11(2)5-9-7/h3-5H,1-2H3. The van der Waals surface area contributed by atoms with Gasteiger partial charge in [0.2, 0.25) is 0 Å². The highest BCUT2D eigenvalue weighted by Gasteiger charge is 1.98. The second kappa shape index (κ2) is 2.05. The van der Waals surface area contributed by atoms with Crippen LogP contribution in [-0.4, -0.2) is 14.5 Å². The molecule has 2 heterocycles. The van der Waals surface area contributed by atoms with Crippen LogP contribution in [0.25, 0.3) is 11.2 Å². The molecule has 0 spiro atoms. The highest BCUT2D eigenvalue weighted by molar-refractivity contribution is 5.70. The van der Waals surface area contributed by atoms with Gasteiger partial charge in [0, 0.05) is 12.7 Å². The van der Waals surface area contributed by atoms with Crippen molar-refractivity contribution in [3.8, 4) is 0 Å². The van der Waals surface area contributed by atoms with Crippen LogP contribution in [0.15, 0.2) is 18.5 Å². The van der Waals surface area contributed by atoms with E-state index in [0.29, 0.717) is 0 Å². The molecule has 0 aromatic carbocycles. The van der Waals surface area contributed by atoms with Gasteiger partial charge >= 0.3 is 0 Å². The van der Waals surface area contributed by atoms with E-state index in [-0.39, 0.29) is 0 Å². The molecule has 3 heteroatoms. The maximum atomic E-state index is 4.34. The molecule has 2 aromatic rings. The SMILES string of the molecule is Cc1ccc2ncn(C)c2n1. The summed E-state index contributed by atoms with van der Waals surface area (Å²) in [6.45, 7) is 1.98. The maximum Gasteiger partial charge on any atom is 0.159 e. The number of aryl methyl sites for hydroxylation is 2. The molecule has 3 nitrogen and oxygen atoms in total. The Morgan fingerprint density at radius 3 is 3.00 bits per heavy atom. The number of fused-ring (bicyclic) bond motifs is 1. The van der Waals surface area contributed by atoms with Gasteiger partial charge in [0.1, 0.15) is 5.52 Å². The molecule has 0 amide bonds. The van der Waals surface area contributed by atoms with Gasteiger partial charge in [0.05, 0.1) is 6.33 Å². The minimum Gasteiger partial charge on any atom is -0.318 e. The van der Waals surface area contributed by atoms with Crippen LogP contribution < -0.4 is 0 Å². The Hall–Kier alpha value is -1.38. The van der Waals surface area contributed by atoms with Crippen LogP contribution in [0.3, 0.4) is 0 Å². The minimum absolute atomic E-state index is 0.949. The molecule has 0 bridgehead atoms. The van der Waals surface area contributed by atoms with Crippen LogP contribution in [0.5, 0.6) is 0 Å². The molecule has 0 saturated carbocycles. The topological polar surface area (TPSA) is 30.7 Å². The van der Waals surface area contributed by atoms with Crippen molar-refractivity contribution < 1.29 is 0 Å². The smallest absolute Gasteiger partial charge is 0.159 e. The highest BCUT2D eigenvalue weighted by Crippen LogP contribution is 2.08. The first-order chi connectivity index (χ1) is 5.27. The van der Waals surface area contributed by atoms with E-state index < -0.39 is 0 Å². The van der Waals surface area contributed by atoms with Gasteiger partial charge in [-0.05, 0) is 19.1 Å². The van der Waals surface area contributed by atoms with Gasteiger partial charge in [0.15, 0.2) is 5.65 Å². The third kappa shape index (κ3) is 0.888. The summed E-state index contributed by atoms with van der Waals surface area (Å²) in [5, 5.41) is 0. The van der Waals surface area contributed by atoms with Gasteiger partial charge < -0.3 is 4.57 Å². The predicted octanol–water partition coefficient (Wildman–Crippen LogP) is 1.28. The van der Waals surface area contributed by atoms with E-state index in [1.54, 1.807) is 6.33 Å². The van der Waals surface area contributed by atoms with Gasteiger partial charge in [0.25, 0.3) is 0 Å². The average Bonchev–Trinajstić information content (AvgIpc) is 2.33. The number of imidazole rings is 1. The highest BCUT2D eigenvalue weighted by atomic mass is 15.1. The van der Waals surface area contributed by atoms with Crippen molar-refractivity contribution >= 4 is 11.2 Å². The monoisotopic (exact) mass is 147 g/mol. The predicted molar refractivity (Wildman–Crippen MR) is 43.2 cm³/mol. The van der Waals surface area contributed by atoms with Crippen LogP contribution in [0.1, 0.15) is 5.69 Å². The third-order valence-electron chi connectivity index (χ3n) is 1.70. The minimum atomic E-state index is 0.949. The molecule has 0 N–H and O–H groups in total. The van der Waals surface area contributed by atoms with E-state index >= 15 is 0 Å². The first-order valence-corrected chi connectivity index (χ1v) is 3.52. The quantitative estimate of drug-likeness (QED) is 0.562. The van der Waals surface area contributed by atoms with Crippen molar-refractivity contribution in [2.75, 3.05) is 0 Å². The van der Waals surface area contributed by atoms with Gasteiger partial charge in [-0.25, -0.2) is 9.97 Å². The second-order valence-electron chi connectivity index (χ2n) is 2.65. The Kier molecular flexibility index (Phi) is 1.18.